The lowest BCUT2D eigenvalue weighted by molar-refractivity contribution is -0.0437. The lowest BCUT2D eigenvalue weighted by Crippen LogP contribution is -2.24. The number of sulfonamides is 1. The van der Waals surface area contributed by atoms with Crippen LogP contribution < -0.4 is 5.55 Å². The van der Waals surface area contributed by atoms with Crippen molar-refractivity contribution in [2.45, 2.75) is 5.51 Å². The summed E-state index contributed by atoms with van der Waals surface area (Å²) < 4.78 is 80.1. The number of rotatable bonds is 3. The van der Waals surface area contributed by atoms with Crippen molar-refractivity contribution < 1.29 is 30.4 Å². The molecule has 5 aromatic carbocycles. The number of benzene rings is 5. The normalized spacial score (nSPS) is 13.4. The Hall–Kier alpha value is -4.63. The molecule has 0 saturated carbocycles. The van der Waals surface area contributed by atoms with E-state index in [1.165, 1.54) is 0 Å². The number of halogens is 3. The summed E-state index contributed by atoms with van der Waals surface area (Å²) in [5.41, 5.74) is -4.00. The van der Waals surface area contributed by atoms with E-state index in [1.807, 2.05) is 48.5 Å². The van der Waals surface area contributed by atoms with Crippen LogP contribution >= 0.6 is 0 Å². The Labute approximate surface area is 218 Å². The molecule has 0 saturated heterocycles. The van der Waals surface area contributed by atoms with Crippen LogP contribution in [0.4, 0.5) is 13.2 Å². The number of nitrogens with zero attached hydrogens (tertiary/aromatic N) is 1. The van der Waals surface area contributed by atoms with Crippen LogP contribution in [0.5, 0.6) is 0 Å². The molecular weight excluding hydrogens is 527 g/mol. The maximum atomic E-state index is 13.4. The third-order valence-electron chi connectivity index (χ3n) is 6.79. The molecule has 0 aliphatic carbocycles. The first-order valence-electron chi connectivity index (χ1n) is 11.9. The van der Waals surface area contributed by atoms with E-state index >= 15 is 0 Å². The number of hydrogen-bond acceptors (Lipinski definition) is 4. The molecule has 0 amide bonds. The van der Waals surface area contributed by atoms with Crippen molar-refractivity contribution >= 4 is 53.5 Å². The van der Waals surface area contributed by atoms with Gasteiger partial charge in [-0.25, -0.2) is 0 Å². The van der Waals surface area contributed by atoms with E-state index in [2.05, 4.69) is 4.40 Å². The number of alkyl halides is 3. The standard InChI is InChI=1S/C30H16F3NO4S/c31-30(32,33)39(35,36)34-29-23(17-9-3-1-4-10-17)26-19-13-7-15-21-25(19)27(20-14-8-16-22(38-29)24(20)26)28(37-21)18-11-5-2-6-12-18/h1-16H/b34-29-. The summed E-state index contributed by atoms with van der Waals surface area (Å²) in [6.45, 7) is 0. The van der Waals surface area contributed by atoms with Crippen molar-refractivity contribution in [2.24, 2.45) is 4.40 Å². The second-order valence-electron chi connectivity index (χ2n) is 9.06. The van der Waals surface area contributed by atoms with E-state index in [0.717, 1.165) is 21.7 Å². The molecule has 0 N–H and O–H groups in total. The van der Waals surface area contributed by atoms with Crippen LogP contribution in [0.15, 0.2) is 110 Å². The van der Waals surface area contributed by atoms with Gasteiger partial charge in [-0.15, -0.1) is 4.40 Å². The summed E-state index contributed by atoms with van der Waals surface area (Å²) in [6, 6.07) is 28.8. The Morgan fingerprint density at radius 3 is 1.74 bits per heavy atom. The first kappa shape index (κ1) is 23.5. The minimum Gasteiger partial charge on any atom is -0.455 e. The van der Waals surface area contributed by atoms with E-state index in [4.69, 9.17) is 8.83 Å². The lowest BCUT2D eigenvalue weighted by atomic mass is 9.89. The van der Waals surface area contributed by atoms with Crippen molar-refractivity contribution in [1.29, 1.82) is 0 Å². The fraction of sp³-hybridized carbons (Fsp3) is 0.0333. The number of hydrogen-bond donors (Lipinski definition) is 0. The summed E-state index contributed by atoms with van der Waals surface area (Å²) >= 11 is 0. The average Bonchev–Trinajstić information content (AvgIpc) is 3.32. The Morgan fingerprint density at radius 2 is 1.13 bits per heavy atom. The smallest absolute Gasteiger partial charge is 0.455 e. The van der Waals surface area contributed by atoms with Gasteiger partial charge in [0.15, 0.2) is 0 Å². The Kier molecular flexibility index (Phi) is 4.93. The molecule has 7 rings (SSSR count). The Balaban J connectivity index is 1.78. The average molecular weight is 544 g/mol. The van der Waals surface area contributed by atoms with Crippen molar-refractivity contribution in [3.63, 3.8) is 0 Å². The Bertz CT molecular complexity index is 2220. The largest absolute Gasteiger partial charge is 0.518 e. The van der Waals surface area contributed by atoms with Crippen LogP contribution in [0.25, 0.3) is 65.9 Å². The first-order valence-corrected chi connectivity index (χ1v) is 13.3. The van der Waals surface area contributed by atoms with Crippen LogP contribution in [-0.2, 0) is 10.0 Å². The van der Waals surface area contributed by atoms with Gasteiger partial charge in [0.25, 0.3) is 0 Å². The van der Waals surface area contributed by atoms with Crippen LogP contribution in [0.1, 0.15) is 0 Å². The van der Waals surface area contributed by atoms with Crippen molar-refractivity contribution in [3.05, 3.63) is 103 Å². The van der Waals surface area contributed by atoms with Gasteiger partial charge in [0.2, 0.25) is 5.55 Å². The molecule has 0 unspecified atom stereocenters. The molecule has 39 heavy (non-hydrogen) atoms. The van der Waals surface area contributed by atoms with Gasteiger partial charge < -0.3 is 8.83 Å². The van der Waals surface area contributed by atoms with Crippen LogP contribution in [0.3, 0.4) is 0 Å². The van der Waals surface area contributed by atoms with Crippen molar-refractivity contribution in [2.75, 3.05) is 0 Å². The molecule has 2 heterocycles. The van der Waals surface area contributed by atoms with Gasteiger partial charge in [0, 0.05) is 27.1 Å². The van der Waals surface area contributed by atoms with Crippen molar-refractivity contribution in [3.8, 4) is 22.5 Å². The third-order valence-corrected chi connectivity index (χ3v) is 7.79. The minimum absolute atomic E-state index is 0.143. The number of furan rings is 1. The molecule has 9 heteroatoms. The first-order chi connectivity index (χ1) is 18.7. The molecular formula is C30H16F3NO4S. The van der Waals surface area contributed by atoms with Crippen LogP contribution in [-0.4, -0.2) is 13.9 Å². The zero-order valence-corrected chi connectivity index (χ0v) is 20.7. The molecule has 7 aromatic rings. The van der Waals surface area contributed by atoms with E-state index in [9.17, 15) is 21.6 Å². The molecule has 192 valence electrons. The lowest BCUT2D eigenvalue weighted by Gasteiger charge is -2.15. The van der Waals surface area contributed by atoms with E-state index in [0.29, 0.717) is 33.1 Å². The molecule has 2 aromatic heterocycles. The molecule has 0 radical (unpaired) electrons. The van der Waals surface area contributed by atoms with Gasteiger partial charge in [0.1, 0.15) is 16.9 Å². The summed E-state index contributed by atoms with van der Waals surface area (Å²) in [4.78, 5) is 0. The zero-order chi connectivity index (χ0) is 26.9. The highest BCUT2D eigenvalue weighted by Gasteiger charge is 2.46. The van der Waals surface area contributed by atoms with Gasteiger partial charge in [-0.3, -0.25) is 0 Å². The highest BCUT2D eigenvalue weighted by atomic mass is 32.2. The summed E-state index contributed by atoms with van der Waals surface area (Å²) in [7, 11) is -5.90. The molecule has 0 aliphatic heterocycles. The van der Waals surface area contributed by atoms with Gasteiger partial charge in [-0.1, -0.05) is 84.9 Å². The SMILES string of the molecule is O=S(=O)(/N=c1\oc2cccc3c4c(-c5ccccc5)oc5cccc(c(c1-c1ccccc1)c23)c54)C(F)(F)F. The van der Waals surface area contributed by atoms with Crippen LogP contribution in [0.2, 0.25) is 0 Å². The van der Waals surface area contributed by atoms with Crippen LogP contribution in [0, 0.1) is 0 Å². The summed E-state index contributed by atoms with van der Waals surface area (Å²) in [6.07, 6.45) is 0. The maximum absolute atomic E-state index is 13.4. The van der Waals surface area contributed by atoms with Gasteiger partial charge in [0.05, 0.1) is 5.56 Å². The molecule has 5 nitrogen and oxygen atoms in total. The summed E-state index contributed by atoms with van der Waals surface area (Å²) in [5.74, 6) is 0.644. The molecule has 0 aliphatic rings. The fourth-order valence-corrected chi connectivity index (χ4v) is 5.69. The van der Waals surface area contributed by atoms with Gasteiger partial charge >= 0.3 is 15.5 Å². The second-order valence-corrected chi connectivity index (χ2v) is 10.7. The van der Waals surface area contributed by atoms with Crippen molar-refractivity contribution in [1.82, 2.24) is 0 Å². The molecule has 0 spiro atoms. The molecule has 0 fully saturated rings. The molecule has 0 atom stereocenters. The van der Waals surface area contributed by atoms with Gasteiger partial charge in [-0.05, 0) is 28.5 Å². The van der Waals surface area contributed by atoms with E-state index < -0.39 is 21.1 Å². The van der Waals surface area contributed by atoms with E-state index in [-0.39, 0.29) is 11.1 Å². The fourth-order valence-electron chi connectivity index (χ4n) is 5.24. The van der Waals surface area contributed by atoms with E-state index in [1.54, 1.807) is 48.5 Å². The quantitative estimate of drug-likeness (QED) is 0.167. The monoisotopic (exact) mass is 543 g/mol. The maximum Gasteiger partial charge on any atom is 0.518 e. The summed E-state index contributed by atoms with van der Waals surface area (Å²) in [5, 5.41) is 4.17. The van der Waals surface area contributed by atoms with Gasteiger partial charge in [-0.2, -0.15) is 21.6 Å². The predicted octanol–water partition coefficient (Wildman–Crippen LogP) is 8.01. The third kappa shape index (κ3) is 3.46. The predicted molar refractivity (Wildman–Crippen MR) is 144 cm³/mol. The topological polar surface area (TPSA) is 72.8 Å². The Morgan fingerprint density at radius 1 is 0.590 bits per heavy atom. The second kappa shape index (κ2) is 8.18. The number of fused-ring (bicyclic) bond motifs is 2. The zero-order valence-electron chi connectivity index (χ0n) is 19.9. The minimum atomic E-state index is -5.90. The molecule has 0 bridgehead atoms. The highest BCUT2D eigenvalue weighted by molar-refractivity contribution is 7.90. The highest BCUT2D eigenvalue weighted by Crippen LogP contribution is 2.47.